The number of amides is 2. The molecule has 2 rings (SSSR count). The van der Waals surface area contributed by atoms with Crippen molar-refractivity contribution in [2.45, 2.75) is 32.8 Å². The molecule has 0 bridgehead atoms. The van der Waals surface area contributed by atoms with Gasteiger partial charge in [-0.3, -0.25) is 10.1 Å². The van der Waals surface area contributed by atoms with Gasteiger partial charge in [0.05, 0.1) is 17.8 Å². The lowest BCUT2D eigenvalue weighted by Crippen LogP contribution is -2.27. The van der Waals surface area contributed by atoms with Crippen LogP contribution in [0.25, 0.3) is 0 Å². The quantitative estimate of drug-likeness (QED) is 0.654. The van der Waals surface area contributed by atoms with Crippen molar-refractivity contribution in [3.05, 3.63) is 57.7 Å². The summed E-state index contributed by atoms with van der Waals surface area (Å²) in [7, 11) is 0. The highest BCUT2D eigenvalue weighted by Crippen LogP contribution is 2.22. The topological polar surface area (TPSA) is 67.4 Å². The van der Waals surface area contributed by atoms with Crippen molar-refractivity contribution in [1.82, 2.24) is 0 Å². The van der Waals surface area contributed by atoms with Gasteiger partial charge in [0.1, 0.15) is 5.60 Å². The fourth-order valence-electron chi connectivity index (χ4n) is 2.10. The lowest BCUT2D eigenvalue weighted by Gasteiger charge is -2.20. The molecule has 0 saturated carbocycles. The number of hydrogen-bond acceptors (Lipinski definition) is 3. The molecule has 2 aromatic carbocycles. The van der Waals surface area contributed by atoms with Crippen LogP contribution in [0.2, 0.25) is 0 Å². The third kappa shape index (κ3) is 6.74. The van der Waals surface area contributed by atoms with Gasteiger partial charge in [0.25, 0.3) is 0 Å². The molecule has 5 nitrogen and oxygen atoms in total. The maximum absolute atomic E-state index is 12.3. The number of benzene rings is 2. The molecule has 6 heteroatoms. The van der Waals surface area contributed by atoms with Gasteiger partial charge in [-0.25, -0.2) is 4.79 Å². The van der Waals surface area contributed by atoms with Crippen molar-refractivity contribution < 1.29 is 14.3 Å². The molecule has 0 unspecified atom stereocenters. The van der Waals surface area contributed by atoms with Gasteiger partial charge in [0, 0.05) is 3.57 Å². The number of carbonyl (C=O) groups excluding carboxylic acids is 2. The summed E-state index contributed by atoms with van der Waals surface area (Å²) in [5.41, 5.74) is 1.36. The molecule has 2 amide bonds. The number of halogens is 1. The molecular weight excluding hydrogens is 431 g/mol. The zero-order valence-electron chi connectivity index (χ0n) is 14.4. The molecule has 2 N–H and O–H groups in total. The van der Waals surface area contributed by atoms with Crippen LogP contribution < -0.4 is 10.6 Å². The Hall–Kier alpha value is -2.09. The fraction of sp³-hybridized carbons (Fsp3) is 0.263. The number of rotatable bonds is 4. The monoisotopic (exact) mass is 452 g/mol. The highest BCUT2D eigenvalue weighted by Gasteiger charge is 2.17. The first-order chi connectivity index (χ1) is 11.7. The summed E-state index contributed by atoms with van der Waals surface area (Å²) >= 11 is 2.22. The van der Waals surface area contributed by atoms with Crippen molar-refractivity contribution in [2.75, 3.05) is 10.6 Å². The largest absolute Gasteiger partial charge is 0.444 e. The maximum atomic E-state index is 12.3. The Kier molecular flexibility index (Phi) is 6.41. The van der Waals surface area contributed by atoms with Crippen LogP contribution in [-0.4, -0.2) is 17.6 Å². The molecule has 0 heterocycles. The normalized spacial score (nSPS) is 10.9. The summed E-state index contributed by atoms with van der Waals surface area (Å²) in [5.74, 6) is -0.153. The van der Waals surface area contributed by atoms with Crippen LogP contribution in [0.5, 0.6) is 0 Å². The Balaban J connectivity index is 2.03. The Morgan fingerprint density at radius 3 is 2.08 bits per heavy atom. The highest BCUT2D eigenvalue weighted by atomic mass is 127. The van der Waals surface area contributed by atoms with E-state index in [1.807, 2.05) is 24.3 Å². The number of anilines is 2. The van der Waals surface area contributed by atoms with Crippen molar-refractivity contribution in [3.8, 4) is 0 Å². The number of carbonyl (C=O) groups is 2. The standard InChI is InChI=1S/C19H21IN2O3/c1-19(2,3)25-18(24)22-16-7-5-4-6-15(16)21-17(23)12-13-8-10-14(20)11-9-13/h4-11H,12H2,1-3H3,(H,21,23)(H,22,24). The van der Waals surface area contributed by atoms with Crippen LogP contribution in [0.1, 0.15) is 26.3 Å². The molecule has 2 aromatic rings. The van der Waals surface area contributed by atoms with E-state index in [1.54, 1.807) is 45.0 Å². The van der Waals surface area contributed by atoms with E-state index in [2.05, 4.69) is 33.2 Å². The van der Waals surface area contributed by atoms with E-state index in [0.717, 1.165) is 9.13 Å². The zero-order valence-corrected chi connectivity index (χ0v) is 16.6. The van der Waals surface area contributed by atoms with Gasteiger partial charge in [0.2, 0.25) is 5.91 Å². The Bertz CT molecular complexity index is 752. The molecule has 0 aromatic heterocycles. The maximum Gasteiger partial charge on any atom is 0.412 e. The summed E-state index contributed by atoms with van der Waals surface area (Å²) < 4.78 is 6.36. The number of nitrogens with one attached hydrogen (secondary N) is 2. The van der Waals surface area contributed by atoms with Gasteiger partial charge >= 0.3 is 6.09 Å². The molecular formula is C19H21IN2O3. The molecule has 25 heavy (non-hydrogen) atoms. The van der Waals surface area contributed by atoms with Crippen molar-refractivity contribution in [1.29, 1.82) is 0 Å². The van der Waals surface area contributed by atoms with Gasteiger partial charge in [-0.1, -0.05) is 24.3 Å². The fourth-order valence-corrected chi connectivity index (χ4v) is 2.46. The molecule has 0 spiro atoms. The number of ether oxygens (including phenoxy) is 1. The lowest BCUT2D eigenvalue weighted by molar-refractivity contribution is -0.115. The first kappa shape index (κ1) is 19.2. The average Bonchev–Trinajstić information content (AvgIpc) is 2.49. The number of hydrogen-bond donors (Lipinski definition) is 2. The Morgan fingerprint density at radius 2 is 1.52 bits per heavy atom. The molecule has 0 atom stereocenters. The van der Waals surface area contributed by atoms with Gasteiger partial charge in [-0.2, -0.15) is 0 Å². The Labute approximate surface area is 161 Å². The van der Waals surface area contributed by atoms with Crippen molar-refractivity contribution in [3.63, 3.8) is 0 Å². The highest BCUT2D eigenvalue weighted by molar-refractivity contribution is 14.1. The minimum atomic E-state index is -0.590. The third-order valence-corrected chi connectivity index (χ3v) is 3.83. The molecule has 132 valence electrons. The first-order valence-corrected chi connectivity index (χ1v) is 8.94. The predicted octanol–water partition coefficient (Wildman–Crippen LogP) is 4.82. The molecule has 0 fully saturated rings. The Morgan fingerprint density at radius 1 is 0.960 bits per heavy atom. The van der Waals surface area contributed by atoms with E-state index < -0.39 is 11.7 Å². The summed E-state index contributed by atoms with van der Waals surface area (Å²) in [6.07, 6.45) is -0.302. The first-order valence-electron chi connectivity index (χ1n) is 7.86. The second-order valence-electron chi connectivity index (χ2n) is 6.52. The summed E-state index contributed by atoms with van der Waals surface area (Å²) in [4.78, 5) is 24.2. The summed E-state index contributed by atoms with van der Waals surface area (Å²) in [6, 6.07) is 14.8. The van der Waals surface area contributed by atoms with E-state index in [1.165, 1.54) is 0 Å². The van der Waals surface area contributed by atoms with Crippen molar-refractivity contribution in [2.24, 2.45) is 0 Å². The molecule has 0 radical (unpaired) electrons. The minimum Gasteiger partial charge on any atom is -0.444 e. The average molecular weight is 452 g/mol. The van der Waals surface area contributed by atoms with Gasteiger partial charge < -0.3 is 10.1 Å². The molecule has 0 aliphatic carbocycles. The predicted molar refractivity (Wildman–Crippen MR) is 108 cm³/mol. The van der Waals surface area contributed by atoms with Gasteiger partial charge in [-0.15, -0.1) is 0 Å². The second-order valence-corrected chi connectivity index (χ2v) is 7.77. The third-order valence-electron chi connectivity index (χ3n) is 3.11. The van der Waals surface area contributed by atoms with E-state index >= 15 is 0 Å². The molecule has 0 aliphatic rings. The van der Waals surface area contributed by atoms with Crippen LogP contribution in [0.4, 0.5) is 16.2 Å². The van der Waals surface area contributed by atoms with Crippen LogP contribution in [0.3, 0.4) is 0 Å². The van der Waals surface area contributed by atoms with E-state index in [9.17, 15) is 9.59 Å². The zero-order chi connectivity index (χ0) is 18.4. The van der Waals surface area contributed by atoms with Crippen LogP contribution >= 0.6 is 22.6 Å². The van der Waals surface area contributed by atoms with Gasteiger partial charge in [-0.05, 0) is 73.2 Å². The SMILES string of the molecule is CC(C)(C)OC(=O)Nc1ccccc1NC(=O)Cc1ccc(I)cc1. The van der Waals surface area contributed by atoms with Crippen molar-refractivity contribution >= 4 is 46.0 Å². The summed E-state index contributed by atoms with van der Waals surface area (Å²) in [6.45, 7) is 5.38. The second kappa shape index (κ2) is 8.33. The summed E-state index contributed by atoms with van der Waals surface area (Å²) in [5, 5.41) is 5.50. The van der Waals surface area contributed by atoms with Crippen LogP contribution in [-0.2, 0) is 16.0 Å². The van der Waals surface area contributed by atoms with Gasteiger partial charge in [0.15, 0.2) is 0 Å². The van der Waals surface area contributed by atoms with Crippen LogP contribution in [0.15, 0.2) is 48.5 Å². The molecule has 0 saturated heterocycles. The van der Waals surface area contributed by atoms with E-state index in [4.69, 9.17) is 4.74 Å². The lowest BCUT2D eigenvalue weighted by atomic mass is 10.1. The smallest absolute Gasteiger partial charge is 0.412 e. The van der Waals surface area contributed by atoms with Crippen LogP contribution in [0, 0.1) is 3.57 Å². The minimum absolute atomic E-state index is 0.153. The van der Waals surface area contributed by atoms with E-state index in [0.29, 0.717) is 11.4 Å². The van der Waals surface area contributed by atoms with E-state index in [-0.39, 0.29) is 12.3 Å². The molecule has 0 aliphatic heterocycles. The number of para-hydroxylation sites is 2.